The van der Waals surface area contributed by atoms with Gasteiger partial charge in [0.1, 0.15) is 0 Å². The van der Waals surface area contributed by atoms with E-state index in [0.717, 1.165) is 52.5 Å². The summed E-state index contributed by atoms with van der Waals surface area (Å²) >= 11 is 8.18. The van der Waals surface area contributed by atoms with Crippen LogP contribution >= 0.6 is 23.4 Å². The lowest BCUT2D eigenvalue weighted by molar-refractivity contribution is -0.127. The summed E-state index contributed by atoms with van der Waals surface area (Å²) in [7, 11) is 0. The van der Waals surface area contributed by atoms with Gasteiger partial charge in [-0.25, -0.2) is 4.98 Å². The van der Waals surface area contributed by atoms with Gasteiger partial charge in [-0.1, -0.05) is 41.6 Å². The van der Waals surface area contributed by atoms with Crippen molar-refractivity contribution in [3.63, 3.8) is 0 Å². The highest BCUT2D eigenvalue weighted by Crippen LogP contribution is 2.39. The topological polar surface area (TPSA) is 112 Å². The van der Waals surface area contributed by atoms with Gasteiger partial charge in [0, 0.05) is 37.0 Å². The highest BCUT2D eigenvalue weighted by molar-refractivity contribution is 7.99. The Kier molecular flexibility index (Phi) is 7.15. The number of halogens is 1. The molecule has 3 aromatic rings. The van der Waals surface area contributed by atoms with Crippen LogP contribution in [0.5, 0.6) is 0 Å². The molecule has 1 amide bonds. The number of benzene rings is 2. The van der Waals surface area contributed by atoms with Gasteiger partial charge in [-0.2, -0.15) is 9.97 Å². The number of thioether (sulfide) groups is 1. The van der Waals surface area contributed by atoms with E-state index in [1.807, 2.05) is 18.2 Å². The van der Waals surface area contributed by atoms with Crippen LogP contribution in [0.15, 0.2) is 29.4 Å². The standard InChI is InChI=1S/C24H26ClN5O3S/c25-18-11-16-13-33-12-15-3-1-4-17(19(15)16)20(18)21-28-23(26)30-24(29-21)34-10-2-7-27-22(31)14-5-8-32-9-6-14/h1,3-4,11,14H,2,5-10,12-13H2,(H,27,31)(H2,26,28,29,30). The van der Waals surface area contributed by atoms with Crippen molar-refractivity contribution in [2.75, 3.05) is 31.2 Å². The van der Waals surface area contributed by atoms with Gasteiger partial charge in [0.2, 0.25) is 11.9 Å². The summed E-state index contributed by atoms with van der Waals surface area (Å²) in [5.74, 6) is 1.53. The Morgan fingerprint density at radius 3 is 2.82 bits per heavy atom. The van der Waals surface area contributed by atoms with Crippen molar-refractivity contribution in [3.8, 4) is 11.4 Å². The number of hydrogen-bond donors (Lipinski definition) is 2. The first kappa shape index (κ1) is 23.3. The number of carbonyl (C=O) groups is 1. The largest absolute Gasteiger partial charge is 0.381 e. The predicted octanol–water partition coefficient (Wildman–Crippen LogP) is 3.98. The van der Waals surface area contributed by atoms with Crippen molar-refractivity contribution in [2.45, 2.75) is 37.6 Å². The Morgan fingerprint density at radius 1 is 1.15 bits per heavy atom. The zero-order chi connectivity index (χ0) is 23.5. The number of anilines is 1. The van der Waals surface area contributed by atoms with Gasteiger partial charge >= 0.3 is 0 Å². The number of nitrogens with one attached hydrogen (secondary N) is 1. The molecule has 0 spiro atoms. The molecule has 2 aromatic carbocycles. The third-order valence-corrected chi connectivity index (χ3v) is 7.33. The second kappa shape index (κ2) is 10.4. The molecule has 0 bridgehead atoms. The van der Waals surface area contributed by atoms with Crippen molar-refractivity contribution in [1.82, 2.24) is 20.3 Å². The van der Waals surface area contributed by atoms with Gasteiger partial charge in [0.25, 0.3) is 0 Å². The molecule has 2 aliphatic rings. The number of aromatic nitrogens is 3. The number of hydrogen-bond acceptors (Lipinski definition) is 8. The second-order valence-corrected chi connectivity index (χ2v) is 9.87. The smallest absolute Gasteiger partial charge is 0.224 e. The number of rotatable bonds is 7. The molecule has 5 rings (SSSR count). The van der Waals surface area contributed by atoms with Crippen LogP contribution in [0, 0.1) is 5.92 Å². The van der Waals surface area contributed by atoms with Crippen LogP contribution < -0.4 is 11.1 Å². The fourth-order valence-corrected chi connectivity index (χ4v) is 5.54. The lowest BCUT2D eigenvalue weighted by Crippen LogP contribution is -2.34. The van der Waals surface area contributed by atoms with Gasteiger partial charge < -0.3 is 20.5 Å². The van der Waals surface area contributed by atoms with Crippen LogP contribution in [0.1, 0.15) is 30.4 Å². The molecule has 2 aliphatic heterocycles. The molecule has 8 nitrogen and oxygen atoms in total. The van der Waals surface area contributed by atoms with Gasteiger partial charge in [-0.3, -0.25) is 4.79 Å². The minimum absolute atomic E-state index is 0.0608. The Balaban J connectivity index is 1.28. The molecule has 1 fully saturated rings. The monoisotopic (exact) mass is 499 g/mol. The summed E-state index contributed by atoms with van der Waals surface area (Å²) in [5, 5.41) is 6.25. The van der Waals surface area contributed by atoms with Crippen molar-refractivity contribution in [3.05, 3.63) is 40.4 Å². The van der Waals surface area contributed by atoms with Crippen LogP contribution in [-0.4, -0.2) is 46.4 Å². The summed E-state index contributed by atoms with van der Waals surface area (Å²) in [4.78, 5) is 25.6. The molecule has 34 heavy (non-hydrogen) atoms. The molecular weight excluding hydrogens is 474 g/mol. The maximum atomic E-state index is 12.2. The summed E-state index contributed by atoms with van der Waals surface area (Å²) in [5.41, 5.74) is 8.97. The summed E-state index contributed by atoms with van der Waals surface area (Å²) in [6.45, 7) is 3.03. The second-order valence-electron chi connectivity index (χ2n) is 8.40. The first-order valence-corrected chi connectivity index (χ1v) is 12.8. The summed E-state index contributed by atoms with van der Waals surface area (Å²) < 4.78 is 11.0. The van der Waals surface area contributed by atoms with Crippen LogP contribution in [0.2, 0.25) is 5.02 Å². The van der Waals surface area contributed by atoms with Crippen molar-refractivity contribution < 1.29 is 14.3 Å². The molecule has 178 valence electrons. The molecule has 3 N–H and O–H groups in total. The molecule has 1 saturated heterocycles. The predicted molar refractivity (Wildman–Crippen MR) is 133 cm³/mol. The quantitative estimate of drug-likeness (QED) is 0.371. The fourth-order valence-electron chi connectivity index (χ4n) is 4.45. The van der Waals surface area contributed by atoms with Gasteiger partial charge in [-0.05, 0) is 47.2 Å². The Hall–Kier alpha value is -2.46. The maximum absolute atomic E-state index is 12.2. The average molecular weight is 500 g/mol. The van der Waals surface area contributed by atoms with Crippen LogP contribution in [0.4, 0.5) is 5.95 Å². The normalized spacial score (nSPS) is 16.0. The SMILES string of the molecule is Nc1nc(SCCCNC(=O)C2CCOCC2)nc(-c2c(Cl)cc3c4c(cccc24)COC3)n1. The van der Waals surface area contributed by atoms with E-state index < -0.39 is 0 Å². The highest BCUT2D eigenvalue weighted by Gasteiger charge is 2.22. The van der Waals surface area contributed by atoms with E-state index >= 15 is 0 Å². The fraction of sp³-hybridized carbons (Fsp3) is 0.417. The molecule has 0 saturated carbocycles. The van der Waals surface area contributed by atoms with E-state index in [9.17, 15) is 4.79 Å². The zero-order valence-corrected chi connectivity index (χ0v) is 20.3. The Bertz CT molecular complexity index is 1220. The third kappa shape index (κ3) is 4.98. The van der Waals surface area contributed by atoms with Crippen molar-refractivity contribution >= 4 is 46.0 Å². The Labute approximate surface area is 207 Å². The lowest BCUT2D eigenvalue weighted by Gasteiger charge is -2.21. The van der Waals surface area contributed by atoms with E-state index in [4.69, 9.17) is 26.8 Å². The van der Waals surface area contributed by atoms with Crippen LogP contribution in [0.3, 0.4) is 0 Å². The summed E-state index contributed by atoms with van der Waals surface area (Å²) in [6, 6.07) is 8.01. The number of carbonyl (C=O) groups excluding carboxylic acids is 1. The maximum Gasteiger partial charge on any atom is 0.224 e. The molecule has 10 heteroatoms. The molecule has 1 aromatic heterocycles. The molecule has 3 heterocycles. The number of nitrogens with zero attached hydrogens (tertiary/aromatic N) is 3. The number of ether oxygens (including phenoxy) is 2. The van der Waals surface area contributed by atoms with Gasteiger partial charge in [0.15, 0.2) is 11.0 Å². The zero-order valence-electron chi connectivity index (χ0n) is 18.7. The van der Waals surface area contributed by atoms with Crippen LogP contribution in [-0.2, 0) is 27.5 Å². The Morgan fingerprint density at radius 2 is 1.97 bits per heavy atom. The third-order valence-electron chi connectivity index (χ3n) is 6.10. The number of amides is 1. The van der Waals surface area contributed by atoms with E-state index in [1.54, 1.807) is 0 Å². The van der Waals surface area contributed by atoms with E-state index in [1.165, 1.54) is 11.8 Å². The first-order valence-electron chi connectivity index (χ1n) is 11.4. The summed E-state index contributed by atoms with van der Waals surface area (Å²) in [6.07, 6.45) is 2.38. The average Bonchev–Trinajstić information content (AvgIpc) is 2.84. The van der Waals surface area contributed by atoms with Gasteiger partial charge in [-0.15, -0.1) is 0 Å². The molecule has 0 atom stereocenters. The van der Waals surface area contributed by atoms with Gasteiger partial charge in [0.05, 0.1) is 18.2 Å². The molecular formula is C24H26ClN5O3S. The van der Waals surface area contributed by atoms with Crippen LogP contribution in [0.25, 0.3) is 22.2 Å². The number of nitrogen functional groups attached to an aromatic ring is 1. The molecule has 0 unspecified atom stereocenters. The minimum atomic E-state index is 0.0608. The minimum Gasteiger partial charge on any atom is -0.381 e. The first-order chi connectivity index (χ1) is 16.6. The number of nitrogens with two attached hydrogens (primary N) is 1. The van der Waals surface area contributed by atoms with Crippen molar-refractivity contribution in [1.29, 1.82) is 0 Å². The van der Waals surface area contributed by atoms with E-state index in [0.29, 0.717) is 49.0 Å². The van der Waals surface area contributed by atoms with E-state index in [-0.39, 0.29) is 17.8 Å². The molecule has 0 aliphatic carbocycles. The molecule has 0 radical (unpaired) electrons. The van der Waals surface area contributed by atoms with E-state index in [2.05, 4.69) is 26.3 Å². The highest BCUT2D eigenvalue weighted by atomic mass is 35.5. The van der Waals surface area contributed by atoms with Crippen molar-refractivity contribution in [2.24, 2.45) is 5.92 Å². The lowest BCUT2D eigenvalue weighted by atomic mass is 9.94.